The maximum atomic E-state index is 2.26. The summed E-state index contributed by atoms with van der Waals surface area (Å²) in [6.45, 7) is 9.02. The van der Waals surface area contributed by atoms with E-state index in [0.29, 0.717) is 11.8 Å². The second-order valence-corrected chi connectivity index (χ2v) is 7.78. The van der Waals surface area contributed by atoms with Gasteiger partial charge in [-0.1, -0.05) is 113 Å². The predicted octanol–water partition coefficient (Wildman–Crippen LogP) is 7.37. The van der Waals surface area contributed by atoms with Crippen LogP contribution in [0.1, 0.15) is 49.9 Å². The molecule has 0 aliphatic heterocycles. The molecule has 0 spiro atoms. The van der Waals surface area contributed by atoms with E-state index >= 15 is 0 Å². The van der Waals surface area contributed by atoms with Crippen molar-refractivity contribution in [1.29, 1.82) is 0 Å². The van der Waals surface area contributed by atoms with Crippen LogP contribution in [0.25, 0.3) is 12.2 Å². The molecule has 0 aliphatic carbocycles. The van der Waals surface area contributed by atoms with Gasteiger partial charge in [0, 0.05) is 0 Å². The van der Waals surface area contributed by atoms with Gasteiger partial charge in [-0.15, -0.1) is 0 Å². The van der Waals surface area contributed by atoms with Crippen LogP contribution in [0.3, 0.4) is 0 Å². The van der Waals surface area contributed by atoms with E-state index in [1.807, 2.05) is 0 Å². The van der Waals surface area contributed by atoms with Gasteiger partial charge in [0.05, 0.1) is 0 Å². The molecule has 0 N–H and O–H groups in total. The molecule has 0 radical (unpaired) electrons. The molecule has 0 aliphatic rings. The molecule has 0 heteroatoms. The average molecular weight is 345 g/mol. The Morgan fingerprint density at radius 3 is 1.19 bits per heavy atom. The van der Waals surface area contributed by atoms with E-state index in [9.17, 15) is 0 Å². The lowest BCUT2D eigenvalue weighted by molar-refractivity contribution is 0.647. The second kappa shape index (κ2) is 10.6. The summed E-state index contributed by atoms with van der Waals surface area (Å²) in [5.74, 6) is 1.41. The minimum Gasteiger partial charge on any atom is -0.0625 e. The van der Waals surface area contributed by atoms with Gasteiger partial charge in [-0.05, 0) is 46.9 Å². The minimum atomic E-state index is 0.706. The normalized spacial score (nSPS) is 12.4. The summed E-state index contributed by atoms with van der Waals surface area (Å²) >= 11 is 0. The molecule has 0 bridgehead atoms. The highest BCUT2D eigenvalue weighted by Gasteiger charge is 1.97. The molecule has 2 aromatic rings. The average Bonchev–Trinajstić information content (AvgIpc) is 2.60. The molecule has 0 aromatic heterocycles. The number of rotatable bonds is 8. The summed E-state index contributed by atoms with van der Waals surface area (Å²) < 4.78 is 0. The zero-order chi connectivity index (χ0) is 18.8. The molecule has 0 fully saturated rings. The Labute approximate surface area is 160 Å². The molecular formula is C26H32. The maximum Gasteiger partial charge on any atom is -0.0256 e. The fraction of sp³-hybridized carbons (Fsp3) is 0.308. The third-order valence-corrected chi connectivity index (χ3v) is 4.16. The first-order valence-corrected chi connectivity index (χ1v) is 9.72. The summed E-state index contributed by atoms with van der Waals surface area (Å²) in [5.41, 5.74) is 5.31. The van der Waals surface area contributed by atoms with Crippen molar-refractivity contribution in [3.8, 4) is 0 Å². The highest BCUT2D eigenvalue weighted by atomic mass is 14.0. The molecule has 0 unspecified atom stereocenters. The van der Waals surface area contributed by atoms with E-state index in [0.717, 1.165) is 12.8 Å². The van der Waals surface area contributed by atoms with Crippen molar-refractivity contribution >= 4 is 12.2 Å². The Balaban J connectivity index is 1.82. The highest BCUT2D eigenvalue weighted by molar-refractivity contribution is 5.54. The fourth-order valence-corrected chi connectivity index (χ4v) is 2.93. The van der Waals surface area contributed by atoms with E-state index in [4.69, 9.17) is 0 Å². The lowest BCUT2D eigenvalue weighted by Crippen LogP contribution is -1.93. The third-order valence-electron chi connectivity index (χ3n) is 4.16. The van der Waals surface area contributed by atoms with Crippen molar-refractivity contribution in [2.24, 2.45) is 11.8 Å². The van der Waals surface area contributed by atoms with Crippen molar-refractivity contribution in [2.45, 2.75) is 40.5 Å². The van der Waals surface area contributed by atoms with E-state index in [2.05, 4.69) is 113 Å². The zero-order valence-corrected chi connectivity index (χ0v) is 16.7. The van der Waals surface area contributed by atoms with Gasteiger partial charge in [-0.3, -0.25) is 0 Å². The summed E-state index contributed by atoms with van der Waals surface area (Å²) in [7, 11) is 0. The SMILES string of the molecule is CC(C)Cc1ccc(C=CC=CC=Cc2ccc(CC(C)C)cc2)cc1. The van der Waals surface area contributed by atoms with E-state index < -0.39 is 0 Å². The number of benzene rings is 2. The molecule has 0 saturated heterocycles. The summed E-state index contributed by atoms with van der Waals surface area (Å²) in [6, 6.07) is 17.7. The lowest BCUT2D eigenvalue weighted by atomic mass is 10.0. The zero-order valence-electron chi connectivity index (χ0n) is 16.7. The Morgan fingerprint density at radius 2 is 0.885 bits per heavy atom. The van der Waals surface area contributed by atoms with Crippen molar-refractivity contribution in [1.82, 2.24) is 0 Å². The summed E-state index contributed by atoms with van der Waals surface area (Å²) in [5, 5.41) is 0. The smallest absolute Gasteiger partial charge is 0.0256 e. The van der Waals surface area contributed by atoms with Crippen LogP contribution in [-0.2, 0) is 12.8 Å². The standard InChI is InChI=1S/C26H32/c1-21(2)19-25-15-11-23(12-16-25)9-7-5-6-8-10-24-13-17-26(18-14-24)20-22(3)4/h5-18,21-22H,19-20H2,1-4H3. The first-order chi connectivity index (χ1) is 12.5. The quantitative estimate of drug-likeness (QED) is 0.439. The van der Waals surface area contributed by atoms with Gasteiger partial charge in [-0.25, -0.2) is 0 Å². The molecule has 0 nitrogen and oxygen atoms in total. The highest BCUT2D eigenvalue weighted by Crippen LogP contribution is 2.12. The predicted molar refractivity (Wildman–Crippen MR) is 117 cm³/mol. The van der Waals surface area contributed by atoms with Gasteiger partial charge in [0.1, 0.15) is 0 Å². The Morgan fingerprint density at radius 1 is 0.538 bits per heavy atom. The molecule has 2 rings (SSSR count). The molecule has 0 amide bonds. The van der Waals surface area contributed by atoms with Crippen molar-refractivity contribution in [3.63, 3.8) is 0 Å². The van der Waals surface area contributed by atoms with Crippen LogP contribution in [0.15, 0.2) is 72.8 Å². The molecule has 0 heterocycles. The first kappa shape index (κ1) is 20.0. The van der Waals surface area contributed by atoms with Gasteiger partial charge >= 0.3 is 0 Å². The largest absolute Gasteiger partial charge is 0.0625 e. The van der Waals surface area contributed by atoms with Crippen LogP contribution in [0.2, 0.25) is 0 Å². The van der Waals surface area contributed by atoms with Crippen molar-refractivity contribution in [2.75, 3.05) is 0 Å². The lowest BCUT2D eigenvalue weighted by Gasteiger charge is -2.04. The van der Waals surface area contributed by atoms with Gasteiger partial charge in [0.25, 0.3) is 0 Å². The summed E-state index contributed by atoms with van der Waals surface area (Å²) in [4.78, 5) is 0. The number of allylic oxidation sites excluding steroid dienone is 4. The van der Waals surface area contributed by atoms with Crippen LogP contribution < -0.4 is 0 Å². The van der Waals surface area contributed by atoms with Crippen LogP contribution in [0.5, 0.6) is 0 Å². The van der Waals surface area contributed by atoms with E-state index in [1.54, 1.807) is 0 Å². The van der Waals surface area contributed by atoms with Gasteiger partial charge in [0.15, 0.2) is 0 Å². The third kappa shape index (κ3) is 7.70. The summed E-state index contributed by atoms with van der Waals surface area (Å²) in [6.07, 6.45) is 14.9. The number of hydrogen-bond acceptors (Lipinski definition) is 0. The van der Waals surface area contributed by atoms with Gasteiger partial charge in [-0.2, -0.15) is 0 Å². The topological polar surface area (TPSA) is 0 Å². The van der Waals surface area contributed by atoms with Crippen LogP contribution >= 0.6 is 0 Å². The van der Waals surface area contributed by atoms with Crippen LogP contribution in [0, 0.1) is 11.8 Å². The molecule has 2 aromatic carbocycles. The second-order valence-electron chi connectivity index (χ2n) is 7.78. The molecule has 26 heavy (non-hydrogen) atoms. The molecular weight excluding hydrogens is 312 g/mol. The minimum absolute atomic E-state index is 0.706. The molecule has 0 saturated carbocycles. The monoisotopic (exact) mass is 344 g/mol. The van der Waals surface area contributed by atoms with Crippen LogP contribution in [-0.4, -0.2) is 0 Å². The van der Waals surface area contributed by atoms with Crippen molar-refractivity contribution < 1.29 is 0 Å². The number of hydrogen-bond donors (Lipinski definition) is 0. The molecule has 136 valence electrons. The van der Waals surface area contributed by atoms with E-state index in [-0.39, 0.29) is 0 Å². The first-order valence-electron chi connectivity index (χ1n) is 9.72. The van der Waals surface area contributed by atoms with Gasteiger partial charge in [0.2, 0.25) is 0 Å². The Hall–Kier alpha value is -2.34. The molecule has 0 atom stereocenters. The van der Waals surface area contributed by atoms with Crippen LogP contribution in [0.4, 0.5) is 0 Å². The fourth-order valence-electron chi connectivity index (χ4n) is 2.93. The van der Waals surface area contributed by atoms with Crippen molar-refractivity contribution in [3.05, 3.63) is 95.1 Å². The Kier molecular flexibility index (Phi) is 8.15. The Bertz CT molecular complexity index is 657. The maximum absolute atomic E-state index is 2.26. The van der Waals surface area contributed by atoms with E-state index in [1.165, 1.54) is 22.3 Å². The van der Waals surface area contributed by atoms with Gasteiger partial charge < -0.3 is 0 Å².